The molecule has 1 aliphatic heterocycles. The van der Waals surface area contributed by atoms with Crippen LogP contribution in [-0.2, 0) is 11.3 Å². The summed E-state index contributed by atoms with van der Waals surface area (Å²) in [4.78, 5) is 7.02. The van der Waals surface area contributed by atoms with Crippen LogP contribution in [0.3, 0.4) is 0 Å². The van der Waals surface area contributed by atoms with Crippen LogP contribution in [0.4, 0.5) is 5.82 Å². The number of aliphatic hydroxyl groups is 1. The molecule has 98 valence electrons. The molecule has 2 fully saturated rings. The van der Waals surface area contributed by atoms with E-state index in [-0.39, 0.29) is 6.61 Å². The Morgan fingerprint density at radius 3 is 3.11 bits per heavy atom. The van der Waals surface area contributed by atoms with Crippen LogP contribution < -0.4 is 4.90 Å². The highest BCUT2D eigenvalue weighted by atomic mass is 16.5. The molecule has 0 radical (unpaired) electrons. The van der Waals surface area contributed by atoms with Crippen molar-refractivity contribution in [2.24, 2.45) is 0 Å². The molecule has 4 heteroatoms. The van der Waals surface area contributed by atoms with Gasteiger partial charge in [-0.3, -0.25) is 0 Å². The van der Waals surface area contributed by atoms with Crippen LogP contribution in [0.25, 0.3) is 0 Å². The number of pyridine rings is 1. The maximum absolute atomic E-state index is 9.20. The van der Waals surface area contributed by atoms with E-state index in [4.69, 9.17) is 4.74 Å². The molecule has 2 atom stereocenters. The molecule has 2 aliphatic rings. The third-order valence-corrected chi connectivity index (χ3v) is 4.13. The van der Waals surface area contributed by atoms with Gasteiger partial charge in [0.1, 0.15) is 5.82 Å². The minimum Gasteiger partial charge on any atom is -0.392 e. The summed E-state index contributed by atoms with van der Waals surface area (Å²) in [5.41, 5.74) is 1.84. The lowest BCUT2D eigenvalue weighted by molar-refractivity contribution is 0.0253. The second kappa shape index (κ2) is 4.86. The van der Waals surface area contributed by atoms with Gasteiger partial charge in [0.2, 0.25) is 0 Å². The summed E-state index contributed by atoms with van der Waals surface area (Å²) in [6, 6.07) is 4.50. The van der Waals surface area contributed by atoms with Crippen LogP contribution in [0.2, 0.25) is 0 Å². The van der Waals surface area contributed by atoms with Crippen molar-refractivity contribution in [3.05, 3.63) is 23.4 Å². The lowest BCUT2D eigenvalue weighted by Crippen LogP contribution is -2.49. The third-order valence-electron chi connectivity index (χ3n) is 4.13. The van der Waals surface area contributed by atoms with Gasteiger partial charge < -0.3 is 14.7 Å². The minimum atomic E-state index is 0.0638. The zero-order chi connectivity index (χ0) is 12.5. The Morgan fingerprint density at radius 1 is 1.44 bits per heavy atom. The van der Waals surface area contributed by atoms with Gasteiger partial charge in [-0.15, -0.1) is 0 Å². The molecule has 0 aromatic carbocycles. The number of fused-ring (bicyclic) bond motifs is 1. The van der Waals surface area contributed by atoms with E-state index in [0.29, 0.717) is 12.1 Å². The highest BCUT2D eigenvalue weighted by Gasteiger charge is 2.36. The number of rotatable bonds is 2. The van der Waals surface area contributed by atoms with E-state index in [1.807, 2.05) is 19.1 Å². The van der Waals surface area contributed by atoms with Crippen molar-refractivity contribution in [1.82, 2.24) is 4.98 Å². The third kappa shape index (κ3) is 1.99. The van der Waals surface area contributed by atoms with Crippen LogP contribution in [0, 0.1) is 6.92 Å². The first-order valence-electron chi connectivity index (χ1n) is 6.75. The van der Waals surface area contributed by atoms with Crippen molar-refractivity contribution in [2.45, 2.75) is 44.9 Å². The molecule has 18 heavy (non-hydrogen) atoms. The van der Waals surface area contributed by atoms with E-state index in [1.54, 1.807) is 0 Å². The fraction of sp³-hybridized carbons (Fsp3) is 0.643. The average Bonchev–Trinajstić information content (AvgIpc) is 2.86. The molecule has 1 aromatic rings. The molecule has 1 aromatic heterocycles. The van der Waals surface area contributed by atoms with Crippen LogP contribution in [0.5, 0.6) is 0 Å². The molecule has 4 nitrogen and oxygen atoms in total. The van der Waals surface area contributed by atoms with Gasteiger partial charge in [0, 0.05) is 12.2 Å². The summed E-state index contributed by atoms with van der Waals surface area (Å²) < 4.78 is 5.82. The zero-order valence-corrected chi connectivity index (χ0v) is 10.8. The maximum atomic E-state index is 9.20. The van der Waals surface area contributed by atoms with Crippen LogP contribution in [0.15, 0.2) is 12.1 Å². The number of hydrogen-bond acceptors (Lipinski definition) is 4. The zero-order valence-electron chi connectivity index (χ0n) is 10.8. The summed E-state index contributed by atoms with van der Waals surface area (Å²) >= 11 is 0. The van der Waals surface area contributed by atoms with E-state index in [9.17, 15) is 5.11 Å². The van der Waals surface area contributed by atoms with E-state index < -0.39 is 0 Å². The fourth-order valence-electron chi connectivity index (χ4n) is 3.11. The Kier molecular flexibility index (Phi) is 3.22. The van der Waals surface area contributed by atoms with Crippen molar-refractivity contribution in [3.63, 3.8) is 0 Å². The van der Waals surface area contributed by atoms with Crippen molar-refractivity contribution < 1.29 is 9.84 Å². The number of hydrogen-bond donors (Lipinski definition) is 1. The monoisotopic (exact) mass is 248 g/mol. The predicted molar refractivity (Wildman–Crippen MR) is 69.6 cm³/mol. The average molecular weight is 248 g/mol. The number of morpholine rings is 1. The van der Waals surface area contributed by atoms with Crippen LogP contribution in [-0.4, -0.2) is 35.4 Å². The molecule has 1 aliphatic carbocycles. The SMILES string of the molecule is Cc1nc(N2CCOC3CCCC32)ccc1CO. The van der Waals surface area contributed by atoms with Gasteiger partial charge in [0.15, 0.2) is 0 Å². The lowest BCUT2D eigenvalue weighted by Gasteiger charge is -2.38. The first-order valence-corrected chi connectivity index (χ1v) is 6.75. The van der Waals surface area contributed by atoms with Gasteiger partial charge in [0.05, 0.1) is 25.4 Å². The Bertz CT molecular complexity index is 436. The van der Waals surface area contributed by atoms with Crippen molar-refractivity contribution in [1.29, 1.82) is 0 Å². The van der Waals surface area contributed by atoms with Gasteiger partial charge in [-0.1, -0.05) is 6.07 Å². The lowest BCUT2D eigenvalue weighted by atomic mass is 10.1. The van der Waals surface area contributed by atoms with Gasteiger partial charge >= 0.3 is 0 Å². The topological polar surface area (TPSA) is 45.6 Å². The van der Waals surface area contributed by atoms with Crippen molar-refractivity contribution in [2.75, 3.05) is 18.1 Å². The molecular weight excluding hydrogens is 228 g/mol. The van der Waals surface area contributed by atoms with Crippen LogP contribution in [0.1, 0.15) is 30.5 Å². The highest BCUT2D eigenvalue weighted by Crippen LogP contribution is 2.32. The molecule has 1 saturated carbocycles. The van der Waals surface area contributed by atoms with Crippen molar-refractivity contribution >= 4 is 5.82 Å². The molecule has 0 spiro atoms. The second-order valence-corrected chi connectivity index (χ2v) is 5.17. The van der Waals surface area contributed by atoms with E-state index in [2.05, 4.69) is 9.88 Å². The predicted octanol–water partition coefficient (Wildman–Crippen LogP) is 1.64. The normalized spacial score (nSPS) is 27.3. The Labute approximate surface area is 108 Å². The van der Waals surface area contributed by atoms with Crippen molar-refractivity contribution in [3.8, 4) is 0 Å². The second-order valence-electron chi connectivity index (χ2n) is 5.17. The first-order chi connectivity index (χ1) is 8.79. The number of ether oxygens (including phenoxy) is 1. The summed E-state index contributed by atoms with van der Waals surface area (Å²) in [6.45, 7) is 3.74. The smallest absolute Gasteiger partial charge is 0.129 e. The summed E-state index contributed by atoms with van der Waals surface area (Å²) in [6.07, 6.45) is 4.01. The largest absolute Gasteiger partial charge is 0.392 e. The molecule has 2 heterocycles. The minimum absolute atomic E-state index is 0.0638. The summed E-state index contributed by atoms with van der Waals surface area (Å²) in [5, 5.41) is 9.20. The fourth-order valence-corrected chi connectivity index (χ4v) is 3.11. The van der Waals surface area contributed by atoms with Gasteiger partial charge in [-0.25, -0.2) is 4.98 Å². The molecule has 0 bridgehead atoms. The molecular formula is C14H20N2O2. The Balaban J connectivity index is 1.87. The quantitative estimate of drug-likeness (QED) is 0.864. The van der Waals surface area contributed by atoms with Gasteiger partial charge in [-0.05, 0) is 37.8 Å². The molecule has 1 saturated heterocycles. The number of aromatic nitrogens is 1. The first kappa shape index (κ1) is 11.9. The number of nitrogens with zero attached hydrogens (tertiary/aromatic N) is 2. The molecule has 3 rings (SSSR count). The number of aryl methyl sites for hydroxylation is 1. The van der Waals surface area contributed by atoms with Gasteiger partial charge in [0.25, 0.3) is 0 Å². The van der Waals surface area contributed by atoms with E-state index in [1.165, 1.54) is 19.3 Å². The maximum Gasteiger partial charge on any atom is 0.129 e. The number of aliphatic hydroxyl groups excluding tert-OH is 1. The number of anilines is 1. The molecule has 1 N–H and O–H groups in total. The van der Waals surface area contributed by atoms with Crippen LogP contribution >= 0.6 is 0 Å². The Hall–Kier alpha value is -1.13. The van der Waals surface area contributed by atoms with E-state index >= 15 is 0 Å². The summed E-state index contributed by atoms with van der Waals surface area (Å²) in [7, 11) is 0. The van der Waals surface area contributed by atoms with E-state index in [0.717, 1.165) is 30.2 Å². The van der Waals surface area contributed by atoms with Gasteiger partial charge in [-0.2, -0.15) is 0 Å². The molecule has 2 unspecified atom stereocenters. The highest BCUT2D eigenvalue weighted by molar-refractivity contribution is 5.44. The standard InChI is InChI=1S/C14H20N2O2/c1-10-11(9-17)5-6-14(15-10)16-7-8-18-13-4-2-3-12(13)16/h5-6,12-13,17H,2-4,7-9H2,1H3. The molecule has 0 amide bonds. The summed E-state index contributed by atoms with van der Waals surface area (Å²) in [5.74, 6) is 1.03. The Morgan fingerprint density at radius 2 is 2.33 bits per heavy atom.